The first-order chi connectivity index (χ1) is 8.10. The van der Waals surface area contributed by atoms with Crippen LogP contribution in [0.15, 0.2) is 10.9 Å². The van der Waals surface area contributed by atoms with E-state index in [0.29, 0.717) is 17.8 Å². The van der Waals surface area contributed by atoms with Crippen molar-refractivity contribution in [3.8, 4) is 0 Å². The Morgan fingerprint density at radius 1 is 1.35 bits per heavy atom. The molecule has 4 nitrogen and oxygen atoms in total. The van der Waals surface area contributed by atoms with Crippen LogP contribution in [0.1, 0.15) is 46.4 Å². The molecule has 0 aliphatic heterocycles. The Balaban J connectivity index is 2.80. The molecule has 4 heteroatoms. The predicted octanol–water partition coefficient (Wildman–Crippen LogP) is 2.57. The lowest BCUT2D eigenvalue weighted by Crippen LogP contribution is -2.26. The highest BCUT2D eigenvalue weighted by Crippen LogP contribution is 2.16. The first kappa shape index (κ1) is 13.7. The van der Waals surface area contributed by atoms with Crippen LogP contribution in [0.4, 0.5) is 5.82 Å². The number of aromatic nitrogens is 2. The fraction of sp³-hybridized carbons (Fsp3) is 0.692. The summed E-state index contributed by atoms with van der Waals surface area (Å²) in [5.41, 5.74) is -0.0869. The fourth-order valence-electron chi connectivity index (χ4n) is 2.10. The molecular formula is C13H23N3O. The third kappa shape index (κ3) is 3.88. The summed E-state index contributed by atoms with van der Waals surface area (Å²) in [6.45, 7) is 8.50. The van der Waals surface area contributed by atoms with E-state index in [1.54, 1.807) is 0 Å². The van der Waals surface area contributed by atoms with Crippen LogP contribution in [0.5, 0.6) is 0 Å². The highest BCUT2D eigenvalue weighted by Gasteiger charge is 2.13. The quantitative estimate of drug-likeness (QED) is 0.799. The summed E-state index contributed by atoms with van der Waals surface area (Å²) in [5, 5.41) is 3.33. The van der Waals surface area contributed by atoms with E-state index in [4.69, 9.17) is 0 Å². The lowest BCUT2D eigenvalue weighted by Gasteiger charge is -2.23. The topological polar surface area (TPSA) is 57.8 Å². The summed E-state index contributed by atoms with van der Waals surface area (Å²) in [4.78, 5) is 18.5. The zero-order chi connectivity index (χ0) is 12.8. The third-order valence-corrected chi connectivity index (χ3v) is 3.26. The average molecular weight is 237 g/mol. The maximum absolute atomic E-state index is 11.4. The molecule has 0 saturated heterocycles. The van der Waals surface area contributed by atoms with E-state index in [0.717, 1.165) is 25.1 Å². The van der Waals surface area contributed by atoms with Gasteiger partial charge in [-0.3, -0.25) is 4.79 Å². The van der Waals surface area contributed by atoms with Gasteiger partial charge in [0.05, 0.1) is 0 Å². The zero-order valence-corrected chi connectivity index (χ0v) is 11.2. The third-order valence-electron chi connectivity index (χ3n) is 3.26. The summed E-state index contributed by atoms with van der Waals surface area (Å²) in [6.07, 6.45) is 3.01. The van der Waals surface area contributed by atoms with Crippen molar-refractivity contribution in [1.82, 2.24) is 9.97 Å². The molecule has 1 aromatic rings. The molecule has 0 bridgehead atoms. The summed E-state index contributed by atoms with van der Waals surface area (Å²) in [6, 6.07) is 1.86. The lowest BCUT2D eigenvalue weighted by atomic mass is 9.95. The number of nitrogens with zero attached hydrogens (tertiary/aromatic N) is 1. The largest absolute Gasteiger partial charge is 0.367 e. The van der Waals surface area contributed by atoms with Crippen LogP contribution in [0.3, 0.4) is 0 Å². The standard InChI is InChI=1S/C13H23N3O/c1-5-10(6-2)9(4)14-12-8-13(17)16-11(7-3)15-12/h8-10H,5-7H2,1-4H3,(H2,14,15,16,17). The second-order valence-corrected chi connectivity index (χ2v) is 4.44. The first-order valence-corrected chi connectivity index (χ1v) is 6.47. The van der Waals surface area contributed by atoms with Crippen molar-refractivity contribution in [2.75, 3.05) is 5.32 Å². The minimum absolute atomic E-state index is 0.0869. The average Bonchev–Trinajstić information content (AvgIpc) is 2.29. The van der Waals surface area contributed by atoms with E-state index in [1.807, 2.05) is 6.92 Å². The van der Waals surface area contributed by atoms with Gasteiger partial charge in [0.25, 0.3) is 5.56 Å². The van der Waals surface area contributed by atoms with Crippen molar-refractivity contribution in [3.63, 3.8) is 0 Å². The molecule has 17 heavy (non-hydrogen) atoms. The van der Waals surface area contributed by atoms with E-state index < -0.39 is 0 Å². The van der Waals surface area contributed by atoms with Gasteiger partial charge >= 0.3 is 0 Å². The number of nitrogens with one attached hydrogen (secondary N) is 2. The lowest BCUT2D eigenvalue weighted by molar-refractivity contribution is 0.437. The second-order valence-electron chi connectivity index (χ2n) is 4.44. The minimum atomic E-state index is -0.0869. The molecule has 0 aromatic carbocycles. The van der Waals surface area contributed by atoms with Gasteiger partial charge in [0, 0.05) is 18.5 Å². The van der Waals surface area contributed by atoms with Crippen LogP contribution < -0.4 is 10.9 Å². The van der Waals surface area contributed by atoms with Gasteiger partial charge in [-0.25, -0.2) is 4.98 Å². The summed E-state index contributed by atoms with van der Waals surface area (Å²) in [5.74, 6) is 2.03. The minimum Gasteiger partial charge on any atom is -0.367 e. The highest BCUT2D eigenvalue weighted by molar-refractivity contribution is 5.34. The maximum atomic E-state index is 11.4. The molecule has 0 fully saturated rings. The number of H-pyrrole nitrogens is 1. The fourth-order valence-corrected chi connectivity index (χ4v) is 2.10. The van der Waals surface area contributed by atoms with Gasteiger partial charge in [0.1, 0.15) is 11.6 Å². The number of hydrogen-bond donors (Lipinski definition) is 2. The number of aromatic amines is 1. The van der Waals surface area contributed by atoms with E-state index in [2.05, 4.69) is 36.1 Å². The molecule has 0 aliphatic carbocycles. The molecular weight excluding hydrogens is 214 g/mol. The smallest absolute Gasteiger partial charge is 0.252 e. The predicted molar refractivity (Wildman–Crippen MR) is 71.4 cm³/mol. The van der Waals surface area contributed by atoms with Crippen LogP contribution in [-0.2, 0) is 6.42 Å². The van der Waals surface area contributed by atoms with Gasteiger partial charge in [0.15, 0.2) is 0 Å². The molecule has 0 aliphatic rings. The van der Waals surface area contributed by atoms with Crippen molar-refractivity contribution in [2.45, 2.75) is 53.0 Å². The monoisotopic (exact) mass is 237 g/mol. The van der Waals surface area contributed by atoms with Crippen molar-refractivity contribution < 1.29 is 0 Å². The van der Waals surface area contributed by atoms with Crippen LogP contribution in [0.25, 0.3) is 0 Å². The van der Waals surface area contributed by atoms with Crippen LogP contribution in [-0.4, -0.2) is 16.0 Å². The molecule has 1 heterocycles. The summed E-state index contributed by atoms with van der Waals surface area (Å²) >= 11 is 0. The first-order valence-electron chi connectivity index (χ1n) is 6.47. The maximum Gasteiger partial charge on any atom is 0.252 e. The van der Waals surface area contributed by atoms with Crippen molar-refractivity contribution in [1.29, 1.82) is 0 Å². The van der Waals surface area contributed by atoms with Crippen molar-refractivity contribution in [2.24, 2.45) is 5.92 Å². The Hall–Kier alpha value is -1.32. The molecule has 1 unspecified atom stereocenters. The van der Waals surface area contributed by atoms with Gasteiger partial charge in [0.2, 0.25) is 0 Å². The second kappa shape index (κ2) is 6.42. The Morgan fingerprint density at radius 3 is 2.53 bits per heavy atom. The molecule has 0 amide bonds. The molecule has 0 spiro atoms. The Bertz CT molecular complexity index is 396. The van der Waals surface area contributed by atoms with Crippen molar-refractivity contribution in [3.05, 3.63) is 22.2 Å². The number of rotatable bonds is 6. The SMILES string of the molecule is CCc1nc(NC(C)C(CC)CC)cc(=O)[nH]1. The Kier molecular flexibility index (Phi) is 5.19. The molecule has 0 saturated carbocycles. The number of hydrogen-bond acceptors (Lipinski definition) is 3. The van der Waals surface area contributed by atoms with Crippen LogP contribution >= 0.6 is 0 Å². The van der Waals surface area contributed by atoms with E-state index in [9.17, 15) is 4.79 Å². The Morgan fingerprint density at radius 2 is 2.00 bits per heavy atom. The summed E-state index contributed by atoms with van der Waals surface area (Å²) in [7, 11) is 0. The number of anilines is 1. The molecule has 1 atom stereocenters. The Labute approximate surface area is 103 Å². The van der Waals surface area contributed by atoms with Gasteiger partial charge in [-0.15, -0.1) is 0 Å². The molecule has 2 N–H and O–H groups in total. The van der Waals surface area contributed by atoms with Crippen LogP contribution in [0, 0.1) is 5.92 Å². The molecule has 1 rings (SSSR count). The zero-order valence-electron chi connectivity index (χ0n) is 11.2. The van der Waals surface area contributed by atoms with Gasteiger partial charge < -0.3 is 10.3 Å². The van der Waals surface area contributed by atoms with E-state index in [-0.39, 0.29) is 5.56 Å². The molecule has 0 radical (unpaired) electrons. The highest BCUT2D eigenvalue weighted by atomic mass is 16.1. The normalized spacial score (nSPS) is 12.8. The van der Waals surface area contributed by atoms with Gasteiger partial charge in [-0.1, -0.05) is 33.6 Å². The van der Waals surface area contributed by atoms with Gasteiger partial charge in [-0.2, -0.15) is 0 Å². The van der Waals surface area contributed by atoms with E-state index in [1.165, 1.54) is 6.07 Å². The summed E-state index contributed by atoms with van der Waals surface area (Å²) < 4.78 is 0. The number of aryl methyl sites for hydroxylation is 1. The van der Waals surface area contributed by atoms with Crippen molar-refractivity contribution >= 4 is 5.82 Å². The van der Waals surface area contributed by atoms with E-state index >= 15 is 0 Å². The van der Waals surface area contributed by atoms with Gasteiger partial charge in [-0.05, 0) is 12.8 Å². The molecule has 1 aromatic heterocycles. The molecule has 96 valence electrons. The van der Waals surface area contributed by atoms with Crippen LogP contribution in [0.2, 0.25) is 0 Å².